The van der Waals surface area contributed by atoms with Crippen LogP contribution in [-0.4, -0.2) is 34.9 Å². The standard InChI is InChI=1S/C13H21N5O2/c1-2-6-16-12-9-15-8-10(18-12)13(20)17-7-4-3-5-11(14)19/h8-9H,2-7H2,1H3,(H2,14,19)(H,16,18)(H,17,20). The summed E-state index contributed by atoms with van der Waals surface area (Å²) in [6.45, 7) is 3.32. The minimum Gasteiger partial charge on any atom is -0.370 e. The van der Waals surface area contributed by atoms with Crippen LogP contribution in [0, 0.1) is 0 Å². The molecule has 0 aromatic carbocycles. The lowest BCUT2D eigenvalue weighted by atomic mass is 10.2. The van der Waals surface area contributed by atoms with E-state index in [-0.39, 0.29) is 17.5 Å². The molecule has 0 spiro atoms. The lowest BCUT2D eigenvalue weighted by Crippen LogP contribution is -2.26. The summed E-state index contributed by atoms with van der Waals surface area (Å²) in [6, 6.07) is 0. The topological polar surface area (TPSA) is 110 Å². The van der Waals surface area contributed by atoms with Gasteiger partial charge in [-0.15, -0.1) is 0 Å². The molecular weight excluding hydrogens is 258 g/mol. The number of amides is 2. The highest BCUT2D eigenvalue weighted by Crippen LogP contribution is 2.02. The van der Waals surface area contributed by atoms with Crippen LogP contribution in [0.2, 0.25) is 0 Å². The summed E-state index contributed by atoms with van der Waals surface area (Å²) >= 11 is 0. The van der Waals surface area contributed by atoms with Crippen molar-refractivity contribution in [3.05, 3.63) is 18.1 Å². The van der Waals surface area contributed by atoms with Gasteiger partial charge in [-0.05, 0) is 19.3 Å². The third-order valence-electron chi connectivity index (χ3n) is 2.56. The second-order valence-electron chi connectivity index (χ2n) is 4.40. The van der Waals surface area contributed by atoms with E-state index in [4.69, 9.17) is 5.73 Å². The molecule has 20 heavy (non-hydrogen) atoms. The number of hydrogen-bond acceptors (Lipinski definition) is 5. The predicted octanol–water partition coefficient (Wildman–Crippen LogP) is 0.684. The molecule has 0 saturated carbocycles. The molecule has 0 fully saturated rings. The van der Waals surface area contributed by atoms with E-state index in [1.807, 2.05) is 6.92 Å². The summed E-state index contributed by atoms with van der Waals surface area (Å²) in [7, 11) is 0. The van der Waals surface area contributed by atoms with Crippen molar-refractivity contribution in [2.24, 2.45) is 5.73 Å². The summed E-state index contributed by atoms with van der Waals surface area (Å²) in [6.07, 6.45) is 5.69. The number of unbranched alkanes of at least 4 members (excludes halogenated alkanes) is 1. The predicted molar refractivity (Wildman–Crippen MR) is 76.2 cm³/mol. The molecule has 110 valence electrons. The van der Waals surface area contributed by atoms with E-state index in [1.165, 1.54) is 6.20 Å². The number of nitrogens with zero attached hydrogens (tertiary/aromatic N) is 2. The third kappa shape index (κ3) is 6.12. The molecule has 0 radical (unpaired) electrons. The molecule has 1 aromatic heterocycles. The van der Waals surface area contributed by atoms with E-state index in [9.17, 15) is 9.59 Å². The lowest BCUT2D eigenvalue weighted by molar-refractivity contribution is -0.118. The van der Waals surface area contributed by atoms with E-state index in [0.29, 0.717) is 31.6 Å². The minimum atomic E-state index is -0.322. The second-order valence-corrected chi connectivity index (χ2v) is 4.40. The first-order valence-electron chi connectivity index (χ1n) is 6.76. The summed E-state index contributed by atoms with van der Waals surface area (Å²) in [4.78, 5) is 30.5. The molecule has 0 aliphatic heterocycles. The van der Waals surface area contributed by atoms with Gasteiger partial charge in [-0.1, -0.05) is 6.92 Å². The number of hydrogen-bond donors (Lipinski definition) is 3. The van der Waals surface area contributed by atoms with Crippen LogP contribution in [-0.2, 0) is 4.79 Å². The molecule has 7 heteroatoms. The molecule has 0 unspecified atom stereocenters. The number of anilines is 1. The average molecular weight is 279 g/mol. The molecule has 0 atom stereocenters. The van der Waals surface area contributed by atoms with Crippen LogP contribution in [0.4, 0.5) is 5.82 Å². The second kappa shape index (κ2) is 8.84. The van der Waals surface area contributed by atoms with Gasteiger partial charge < -0.3 is 16.4 Å². The highest BCUT2D eigenvalue weighted by Gasteiger charge is 2.08. The third-order valence-corrected chi connectivity index (χ3v) is 2.56. The first-order valence-corrected chi connectivity index (χ1v) is 6.76. The van der Waals surface area contributed by atoms with Crippen LogP contribution in [0.1, 0.15) is 43.1 Å². The SMILES string of the molecule is CCCNc1cncc(C(=O)NCCCCC(N)=O)n1. The van der Waals surface area contributed by atoms with Gasteiger partial charge in [0.25, 0.3) is 5.91 Å². The van der Waals surface area contributed by atoms with Gasteiger partial charge in [0.1, 0.15) is 11.5 Å². The Labute approximate surface area is 118 Å². The molecule has 1 heterocycles. The molecule has 0 bridgehead atoms. The Kier molecular flexibility index (Phi) is 7.02. The molecule has 1 aromatic rings. The summed E-state index contributed by atoms with van der Waals surface area (Å²) in [5.74, 6) is 0.00171. The van der Waals surface area contributed by atoms with Gasteiger partial charge in [0.15, 0.2) is 0 Å². The van der Waals surface area contributed by atoms with Crippen molar-refractivity contribution in [3.63, 3.8) is 0 Å². The number of carbonyl (C=O) groups excluding carboxylic acids is 2. The molecule has 7 nitrogen and oxygen atoms in total. The largest absolute Gasteiger partial charge is 0.370 e. The van der Waals surface area contributed by atoms with Gasteiger partial charge in [0, 0.05) is 19.5 Å². The van der Waals surface area contributed by atoms with Gasteiger partial charge in [-0.2, -0.15) is 0 Å². The molecule has 4 N–H and O–H groups in total. The highest BCUT2D eigenvalue weighted by molar-refractivity contribution is 5.92. The van der Waals surface area contributed by atoms with Crippen molar-refractivity contribution in [2.45, 2.75) is 32.6 Å². The fourth-order valence-electron chi connectivity index (χ4n) is 1.53. The molecule has 0 saturated heterocycles. The van der Waals surface area contributed by atoms with Crippen molar-refractivity contribution in [2.75, 3.05) is 18.4 Å². The number of rotatable bonds is 9. The van der Waals surface area contributed by atoms with Crippen molar-refractivity contribution in [1.29, 1.82) is 0 Å². The number of nitrogens with one attached hydrogen (secondary N) is 2. The Morgan fingerprint density at radius 2 is 2.05 bits per heavy atom. The van der Waals surface area contributed by atoms with E-state index < -0.39 is 0 Å². The van der Waals surface area contributed by atoms with Crippen molar-refractivity contribution < 1.29 is 9.59 Å². The number of primary amides is 1. The number of carbonyl (C=O) groups is 2. The maximum Gasteiger partial charge on any atom is 0.271 e. The maximum atomic E-state index is 11.8. The summed E-state index contributed by atoms with van der Waals surface area (Å²) in [5.41, 5.74) is 5.31. The van der Waals surface area contributed by atoms with E-state index in [2.05, 4.69) is 20.6 Å². The Morgan fingerprint density at radius 3 is 2.75 bits per heavy atom. The summed E-state index contributed by atoms with van der Waals surface area (Å²) in [5, 5.41) is 5.81. The van der Waals surface area contributed by atoms with E-state index >= 15 is 0 Å². The molecular formula is C13H21N5O2. The van der Waals surface area contributed by atoms with Crippen molar-refractivity contribution in [1.82, 2.24) is 15.3 Å². The van der Waals surface area contributed by atoms with Gasteiger partial charge in [-0.25, -0.2) is 4.98 Å². The van der Waals surface area contributed by atoms with Crippen molar-refractivity contribution in [3.8, 4) is 0 Å². The Bertz CT molecular complexity index is 450. The molecule has 1 rings (SSSR count). The highest BCUT2D eigenvalue weighted by atomic mass is 16.2. The van der Waals surface area contributed by atoms with E-state index in [1.54, 1.807) is 6.20 Å². The fraction of sp³-hybridized carbons (Fsp3) is 0.538. The van der Waals surface area contributed by atoms with Crippen LogP contribution >= 0.6 is 0 Å². The van der Waals surface area contributed by atoms with Gasteiger partial charge >= 0.3 is 0 Å². The Hall–Kier alpha value is -2.18. The van der Waals surface area contributed by atoms with Gasteiger partial charge in [0.05, 0.1) is 12.4 Å². The number of aromatic nitrogens is 2. The van der Waals surface area contributed by atoms with Crippen LogP contribution < -0.4 is 16.4 Å². The van der Waals surface area contributed by atoms with E-state index in [0.717, 1.165) is 13.0 Å². The Morgan fingerprint density at radius 1 is 1.25 bits per heavy atom. The quantitative estimate of drug-likeness (QED) is 0.576. The zero-order valence-corrected chi connectivity index (χ0v) is 11.7. The molecule has 0 aliphatic rings. The van der Waals surface area contributed by atoms with Gasteiger partial charge in [-0.3, -0.25) is 14.6 Å². The number of nitrogens with two attached hydrogens (primary N) is 1. The summed E-state index contributed by atoms with van der Waals surface area (Å²) < 4.78 is 0. The smallest absolute Gasteiger partial charge is 0.271 e. The molecule has 0 aliphatic carbocycles. The van der Waals surface area contributed by atoms with Crippen LogP contribution in [0.3, 0.4) is 0 Å². The van der Waals surface area contributed by atoms with Crippen LogP contribution in [0.15, 0.2) is 12.4 Å². The fourth-order valence-corrected chi connectivity index (χ4v) is 1.53. The Balaban J connectivity index is 2.37. The zero-order valence-electron chi connectivity index (χ0n) is 11.7. The van der Waals surface area contributed by atoms with Gasteiger partial charge in [0.2, 0.25) is 5.91 Å². The molecule has 2 amide bonds. The zero-order chi connectivity index (χ0) is 14.8. The first kappa shape index (κ1) is 15.9. The monoisotopic (exact) mass is 279 g/mol. The van der Waals surface area contributed by atoms with Crippen LogP contribution in [0.5, 0.6) is 0 Å². The first-order chi connectivity index (χ1) is 9.63. The average Bonchev–Trinajstić information content (AvgIpc) is 2.44. The maximum absolute atomic E-state index is 11.8. The van der Waals surface area contributed by atoms with Crippen LogP contribution in [0.25, 0.3) is 0 Å². The minimum absolute atomic E-state index is 0.267. The van der Waals surface area contributed by atoms with Crippen molar-refractivity contribution >= 4 is 17.6 Å². The normalized spacial score (nSPS) is 10.1. The lowest BCUT2D eigenvalue weighted by Gasteiger charge is -2.06.